The molecule has 4 heterocycles. The Kier molecular flexibility index (Phi) is 6.08. The van der Waals surface area contributed by atoms with Crippen molar-refractivity contribution in [3.8, 4) is 5.69 Å². The van der Waals surface area contributed by atoms with Gasteiger partial charge in [0.2, 0.25) is 0 Å². The molecule has 1 aromatic carbocycles. The van der Waals surface area contributed by atoms with Gasteiger partial charge in [-0.2, -0.15) is 0 Å². The van der Waals surface area contributed by atoms with Crippen LogP contribution < -0.4 is 5.32 Å². The molecule has 170 valence electrons. The van der Waals surface area contributed by atoms with Crippen molar-refractivity contribution in [2.24, 2.45) is 0 Å². The Bertz CT molecular complexity index is 1210. The molecule has 2 amide bonds. The van der Waals surface area contributed by atoms with Gasteiger partial charge >= 0.3 is 6.03 Å². The van der Waals surface area contributed by atoms with Crippen LogP contribution in [0.2, 0.25) is 0 Å². The molecule has 4 aromatic rings. The smallest absolute Gasteiger partial charge is 0.317 e. The second-order valence-electron chi connectivity index (χ2n) is 8.23. The largest absolute Gasteiger partial charge is 0.467 e. The lowest BCUT2D eigenvalue weighted by Gasteiger charge is -2.34. The summed E-state index contributed by atoms with van der Waals surface area (Å²) in [4.78, 5) is 26.2. The third-order valence-electron chi connectivity index (χ3n) is 6.11. The number of rotatable bonds is 6. The molecule has 0 unspecified atom stereocenters. The maximum atomic E-state index is 12.5. The number of carbonyl (C=O) groups is 1. The fourth-order valence-corrected chi connectivity index (χ4v) is 4.21. The number of nitrogens with one attached hydrogen (secondary N) is 1. The van der Waals surface area contributed by atoms with Crippen LogP contribution in [0.1, 0.15) is 24.1 Å². The molecule has 0 bridgehead atoms. The predicted molar refractivity (Wildman–Crippen MR) is 126 cm³/mol. The number of nitrogens with zero attached hydrogens (tertiary/aromatic N) is 5. The minimum absolute atomic E-state index is 0.0569. The number of pyridine rings is 1. The van der Waals surface area contributed by atoms with E-state index >= 15 is 0 Å². The molecular formula is C25H28N6O2. The Morgan fingerprint density at radius 3 is 2.61 bits per heavy atom. The van der Waals surface area contributed by atoms with Crippen molar-refractivity contribution in [3.05, 3.63) is 78.1 Å². The van der Waals surface area contributed by atoms with Crippen molar-refractivity contribution in [2.45, 2.75) is 26.4 Å². The van der Waals surface area contributed by atoms with E-state index < -0.39 is 0 Å². The summed E-state index contributed by atoms with van der Waals surface area (Å²) in [5.41, 5.74) is 4.13. The van der Waals surface area contributed by atoms with Crippen LogP contribution in [0.4, 0.5) is 4.79 Å². The highest BCUT2D eigenvalue weighted by Gasteiger charge is 2.23. The molecule has 1 aliphatic rings. The van der Waals surface area contributed by atoms with E-state index in [2.05, 4.69) is 51.0 Å². The molecule has 3 aromatic heterocycles. The first kappa shape index (κ1) is 21.2. The van der Waals surface area contributed by atoms with E-state index in [1.165, 1.54) is 5.56 Å². The van der Waals surface area contributed by atoms with Gasteiger partial charge in [0.15, 0.2) is 5.65 Å². The summed E-state index contributed by atoms with van der Waals surface area (Å²) in [5.74, 6) is 1.71. The van der Waals surface area contributed by atoms with Crippen LogP contribution in [0.15, 0.2) is 65.4 Å². The van der Waals surface area contributed by atoms with Crippen molar-refractivity contribution < 1.29 is 9.21 Å². The third kappa shape index (κ3) is 4.61. The first-order valence-corrected chi connectivity index (χ1v) is 11.4. The summed E-state index contributed by atoms with van der Waals surface area (Å²) >= 11 is 0. The van der Waals surface area contributed by atoms with Crippen molar-refractivity contribution >= 4 is 17.2 Å². The number of hydrogen-bond donors (Lipinski definition) is 1. The number of urea groups is 1. The van der Waals surface area contributed by atoms with Crippen molar-refractivity contribution in [1.82, 2.24) is 29.7 Å². The Balaban J connectivity index is 1.27. The number of hydrogen-bond acceptors (Lipinski definition) is 5. The van der Waals surface area contributed by atoms with Gasteiger partial charge in [-0.25, -0.2) is 14.8 Å². The molecule has 0 aliphatic carbocycles. The molecule has 8 heteroatoms. The number of imidazole rings is 1. The summed E-state index contributed by atoms with van der Waals surface area (Å²) in [7, 11) is 0. The monoisotopic (exact) mass is 444 g/mol. The van der Waals surface area contributed by atoms with E-state index in [9.17, 15) is 4.79 Å². The van der Waals surface area contributed by atoms with E-state index in [1.807, 2.05) is 35.4 Å². The Morgan fingerprint density at radius 2 is 1.88 bits per heavy atom. The number of benzene rings is 1. The number of fused-ring (bicyclic) bond motifs is 1. The maximum absolute atomic E-state index is 12.5. The van der Waals surface area contributed by atoms with Gasteiger partial charge in [0.25, 0.3) is 0 Å². The second-order valence-corrected chi connectivity index (χ2v) is 8.23. The van der Waals surface area contributed by atoms with Gasteiger partial charge in [0.05, 0.1) is 19.4 Å². The Labute approximate surface area is 192 Å². The van der Waals surface area contributed by atoms with Gasteiger partial charge in [-0.05, 0) is 48.4 Å². The first-order chi connectivity index (χ1) is 16.2. The summed E-state index contributed by atoms with van der Waals surface area (Å²) in [6.45, 7) is 6.19. The van der Waals surface area contributed by atoms with Crippen LogP contribution in [0.25, 0.3) is 16.9 Å². The van der Waals surface area contributed by atoms with E-state index in [-0.39, 0.29) is 6.03 Å². The quantitative estimate of drug-likeness (QED) is 0.492. The lowest BCUT2D eigenvalue weighted by molar-refractivity contribution is 0.132. The molecular weight excluding hydrogens is 416 g/mol. The molecule has 0 radical (unpaired) electrons. The van der Waals surface area contributed by atoms with Crippen LogP contribution in [0.3, 0.4) is 0 Å². The molecule has 1 aliphatic heterocycles. The van der Waals surface area contributed by atoms with Crippen molar-refractivity contribution in [2.75, 3.05) is 26.2 Å². The second kappa shape index (κ2) is 9.46. The van der Waals surface area contributed by atoms with Gasteiger partial charge in [-0.3, -0.25) is 9.47 Å². The maximum Gasteiger partial charge on any atom is 0.317 e. The lowest BCUT2D eigenvalue weighted by atomic mass is 10.1. The van der Waals surface area contributed by atoms with Crippen LogP contribution in [0.5, 0.6) is 0 Å². The fourth-order valence-electron chi connectivity index (χ4n) is 4.21. The highest BCUT2D eigenvalue weighted by atomic mass is 16.3. The minimum Gasteiger partial charge on any atom is -0.467 e. The topological polar surface area (TPSA) is 79.4 Å². The highest BCUT2D eigenvalue weighted by molar-refractivity contribution is 5.74. The molecule has 1 saturated heterocycles. The number of aryl methyl sites for hydroxylation is 1. The van der Waals surface area contributed by atoms with Gasteiger partial charge < -0.3 is 14.6 Å². The Morgan fingerprint density at radius 1 is 1.06 bits per heavy atom. The average molecular weight is 445 g/mol. The number of furan rings is 1. The molecule has 33 heavy (non-hydrogen) atoms. The molecule has 1 fully saturated rings. The van der Waals surface area contributed by atoms with Crippen LogP contribution >= 0.6 is 0 Å². The number of carbonyl (C=O) groups excluding carboxylic acids is 1. The van der Waals surface area contributed by atoms with Crippen LogP contribution in [-0.2, 0) is 19.5 Å². The molecule has 0 spiro atoms. The van der Waals surface area contributed by atoms with E-state index in [4.69, 9.17) is 9.40 Å². The average Bonchev–Trinajstić information content (AvgIpc) is 3.51. The standard InChI is InChI=1S/C25H28N6O2/c1-2-19-7-9-20(10-8-19)31-23(28-22-6-3-11-26-24(22)31)18-29-12-14-30(15-13-29)25(32)27-17-21-5-4-16-33-21/h3-11,16H,2,12-15,17-18H2,1H3,(H,27,32). The van der Waals surface area contributed by atoms with Crippen LogP contribution in [0, 0.1) is 0 Å². The molecule has 0 saturated carbocycles. The summed E-state index contributed by atoms with van der Waals surface area (Å²) in [6.07, 6.45) is 4.43. The highest BCUT2D eigenvalue weighted by Crippen LogP contribution is 2.22. The third-order valence-corrected chi connectivity index (χ3v) is 6.11. The molecule has 5 rings (SSSR count). The summed E-state index contributed by atoms with van der Waals surface area (Å²) in [5, 5.41) is 2.93. The fraction of sp³-hybridized carbons (Fsp3) is 0.320. The minimum atomic E-state index is -0.0569. The zero-order chi connectivity index (χ0) is 22.6. The number of amides is 2. The van der Waals surface area contributed by atoms with Crippen LogP contribution in [-0.4, -0.2) is 56.5 Å². The van der Waals surface area contributed by atoms with Gasteiger partial charge in [-0.1, -0.05) is 19.1 Å². The van der Waals surface area contributed by atoms with Gasteiger partial charge in [-0.15, -0.1) is 0 Å². The van der Waals surface area contributed by atoms with Crippen molar-refractivity contribution in [1.29, 1.82) is 0 Å². The first-order valence-electron chi connectivity index (χ1n) is 11.4. The summed E-state index contributed by atoms with van der Waals surface area (Å²) in [6, 6.07) is 16.1. The number of aromatic nitrogens is 3. The van der Waals surface area contributed by atoms with Crippen molar-refractivity contribution in [3.63, 3.8) is 0 Å². The van der Waals surface area contributed by atoms with E-state index in [0.717, 1.165) is 47.9 Å². The Hall–Kier alpha value is -3.65. The van der Waals surface area contributed by atoms with E-state index in [1.54, 1.807) is 6.26 Å². The number of piperazine rings is 1. The molecule has 8 nitrogen and oxygen atoms in total. The van der Waals surface area contributed by atoms with Gasteiger partial charge in [0, 0.05) is 38.1 Å². The molecule has 1 N–H and O–H groups in total. The zero-order valence-electron chi connectivity index (χ0n) is 18.8. The zero-order valence-corrected chi connectivity index (χ0v) is 18.8. The predicted octanol–water partition coefficient (Wildman–Crippen LogP) is 3.60. The summed E-state index contributed by atoms with van der Waals surface area (Å²) < 4.78 is 7.43. The van der Waals surface area contributed by atoms with E-state index in [0.29, 0.717) is 26.2 Å². The van der Waals surface area contributed by atoms with Gasteiger partial charge in [0.1, 0.15) is 17.1 Å². The SMILES string of the molecule is CCc1ccc(-n2c(CN3CCN(C(=O)NCc4ccco4)CC3)nc3cccnc32)cc1. The normalized spacial score (nSPS) is 14.6. The lowest BCUT2D eigenvalue weighted by Crippen LogP contribution is -2.51. The molecule has 0 atom stereocenters.